The summed E-state index contributed by atoms with van der Waals surface area (Å²) in [4.78, 5) is 30.7. The second-order valence-electron chi connectivity index (χ2n) is 3.82. The van der Waals surface area contributed by atoms with Gasteiger partial charge in [0, 0.05) is 11.9 Å². The Hall–Kier alpha value is -2.76. The average molecular weight is 257 g/mol. The zero-order chi connectivity index (χ0) is 13.8. The maximum atomic E-state index is 11.9. The number of hydrogen-bond acceptors (Lipinski definition) is 4. The average Bonchev–Trinajstić information content (AvgIpc) is 2.39. The molecule has 0 unspecified atom stereocenters. The third-order valence-electron chi connectivity index (χ3n) is 2.38. The predicted molar refractivity (Wildman–Crippen MR) is 68.1 cm³/mol. The van der Waals surface area contributed by atoms with Crippen LogP contribution < -0.4 is 5.32 Å². The third-order valence-corrected chi connectivity index (χ3v) is 2.38. The topological polar surface area (TPSA) is 92.2 Å². The van der Waals surface area contributed by atoms with E-state index in [9.17, 15) is 9.59 Å². The molecule has 0 atom stereocenters. The highest BCUT2D eigenvalue weighted by atomic mass is 16.4. The molecule has 0 aromatic carbocycles. The number of pyridine rings is 2. The van der Waals surface area contributed by atoms with E-state index in [1.54, 1.807) is 31.2 Å². The van der Waals surface area contributed by atoms with E-state index in [2.05, 4.69) is 15.3 Å². The highest BCUT2D eigenvalue weighted by Gasteiger charge is 2.14. The van der Waals surface area contributed by atoms with Gasteiger partial charge in [-0.05, 0) is 31.2 Å². The Balaban J connectivity index is 2.27. The second kappa shape index (κ2) is 5.26. The van der Waals surface area contributed by atoms with Crippen molar-refractivity contribution in [3.8, 4) is 0 Å². The summed E-state index contributed by atoms with van der Waals surface area (Å²) < 4.78 is 0. The van der Waals surface area contributed by atoms with Crippen LogP contribution in [-0.2, 0) is 0 Å². The molecule has 2 aromatic rings. The molecule has 19 heavy (non-hydrogen) atoms. The van der Waals surface area contributed by atoms with Gasteiger partial charge in [-0.2, -0.15) is 0 Å². The molecule has 1 amide bonds. The Morgan fingerprint density at radius 3 is 2.68 bits per heavy atom. The molecule has 2 N–H and O–H groups in total. The zero-order valence-corrected chi connectivity index (χ0v) is 10.1. The van der Waals surface area contributed by atoms with E-state index < -0.39 is 11.9 Å². The van der Waals surface area contributed by atoms with E-state index in [0.717, 1.165) is 0 Å². The van der Waals surface area contributed by atoms with E-state index in [-0.39, 0.29) is 17.1 Å². The molecule has 0 saturated heterocycles. The van der Waals surface area contributed by atoms with Gasteiger partial charge in [-0.15, -0.1) is 0 Å². The number of aryl methyl sites for hydroxylation is 1. The molecule has 6 heteroatoms. The number of anilines is 1. The first kappa shape index (κ1) is 12.7. The van der Waals surface area contributed by atoms with Gasteiger partial charge in [0.2, 0.25) is 0 Å². The van der Waals surface area contributed by atoms with E-state index >= 15 is 0 Å². The first-order chi connectivity index (χ1) is 9.08. The number of rotatable bonds is 3. The number of carbonyl (C=O) groups excluding carboxylic acids is 1. The molecular weight excluding hydrogens is 246 g/mol. The molecule has 0 aliphatic carbocycles. The number of nitrogens with one attached hydrogen (secondary N) is 1. The molecule has 0 aliphatic rings. The predicted octanol–water partition coefficient (Wildman–Crippen LogP) is 1.74. The SMILES string of the molecule is Cc1cccc(C(=O)Nc2cccnc2C(=O)O)n1. The molecule has 2 rings (SSSR count). The van der Waals surface area contributed by atoms with Crippen LogP contribution in [0.2, 0.25) is 0 Å². The number of hydrogen-bond donors (Lipinski definition) is 2. The molecule has 0 bridgehead atoms. The van der Waals surface area contributed by atoms with Crippen molar-refractivity contribution < 1.29 is 14.7 Å². The number of amides is 1. The normalized spacial score (nSPS) is 9.95. The van der Waals surface area contributed by atoms with Crippen molar-refractivity contribution in [1.29, 1.82) is 0 Å². The molecule has 0 radical (unpaired) electrons. The lowest BCUT2D eigenvalue weighted by Crippen LogP contribution is -2.17. The van der Waals surface area contributed by atoms with Crippen molar-refractivity contribution in [2.24, 2.45) is 0 Å². The van der Waals surface area contributed by atoms with Crippen molar-refractivity contribution in [3.05, 3.63) is 53.6 Å². The third kappa shape index (κ3) is 2.92. The number of carboxylic acid groups (broad SMARTS) is 1. The number of aromatic carboxylic acids is 1. The van der Waals surface area contributed by atoms with Gasteiger partial charge in [0.05, 0.1) is 5.69 Å². The summed E-state index contributed by atoms with van der Waals surface area (Å²) in [5.74, 6) is -1.67. The number of carbonyl (C=O) groups is 2. The van der Waals surface area contributed by atoms with Crippen LogP contribution in [0.1, 0.15) is 26.7 Å². The fraction of sp³-hybridized carbons (Fsp3) is 0.0769. The summed E-state index contributed by atoms with van der Waals surface area (Å²) in [6.07, 6.45) is 1.35. The minimum Gasteiger partial charge on any atom is -0.476 e. The van der Waals surface area contributed by atoms with Crippen molar-refractivity contribution in [1.82, 2.24) is 9.97 Å². The lowest BCUT2D eigenvalue weighted by Gasteiger charge is -2.07. The molecule has 2 aromatic heterocycles. The van der Waals surface area contributed by atoms with Gasteiger partial charge in [0.15, 0.2) is 5.69 Å². The van der Waals surface area contributed by atoms with Crippen LogP contribution in [0.15, 0.2) is 36.5 Å². The molecule has 0 spiro atoms. The van der Waals surface area contributed by atoms with Crippen LogP contribution in [-0.4, -0.2) is 27.0 Å². The Bertz CT molecular complexity index is 641. The largest absolute Gasteiger partial charge is 0.476 e. The summed E-state index contributed by atoms with van der Waals surface area (Å²) in [5, 5.41) is 11.5. The Kier molecular flexibility index (Phi) is 3.51. The van der Waals surface area contributed by atoms with Crippen molar-refractivity contribution >= 4 is 17.6 Å². The van der Waals surface area contributed by atoms with E-state index in [4.69, 9.17) is 5.11 Å². The Morgan fingerprint density at radius 2 is 2.00 bits per heavy atom. The van der Waals surface area contributed by atoms with Gasteiger partial charge in [-0.1, -0.05) is 6.07 Å². The second-order valence-corrected chi connectivity index (χ2v) is 3.82. The van der Waals surface area contributed by atoms with Crippen LogP contribution in [0.5, 0.6) is 0 Å². The van der Waals surface area contributed by atoms with Gasteiger partial charge in [-0.25, -0.2) is 14.8 Å². The summed E-state index contributed by atoms with van der Waals surface area (Å²) in [5.41, 5.74) is 0.865. The van der Waals surface area contributed by atoms with Crippen molar-refractivity contribution in [3.63, 3.8) is 0 Å². The zero-order valence-electron chi connectivity index (χ0n) is 10.1. The fourth-order valence-corrected chi connectivity index (χ4v) is 1.53. The van der Waals surface area contributed by atoms with Crippen LogP contribution in [0.4, 0.5) is 5.69 Å². The summed E-state index contributed by atoms with van der Waals surface area (Å²) in [6.45, 7) is 1.77. The van der Waals surface area contributed by atoms with Gasteiger partial charge >= 0.3 is 5.97 Å². The van der Waals surface area contributed by atoms with Crippen molar-refractivity contribution in [2.45, 2.75) is 6.92 Å². The quantitative estimate of drug-likeness (QED) is 0.873. The highest BCUT2D eigenvalue weighted by molar-refractivity contribution is 6.06. The molecule has 6 nitrogen and oxygen atoms in total. The number of carboxylic acids is 1. The van der Waals surface area contributed by atoms with E-state index in [1.165, 1.54) is 12.3 Å². The fourth-order valence-electron chi connectivity index (χ4n) is 1.53. The van der Waals surface area contributed by atoms with Gasteiger partial charge in [-0.3, -0.25) is 4.79 Å². The smallest absolute Gasteiger partial charge is 0.356 e. The first-order valence-corrected chi connectivity index (χ1v) is 5.51. The van der Waals surface area contributed by atoms with Gasteiger partial charge in [0.1, 0.15) is 5.69 Å². The Morgan fingerprint density at radius 1 is 1.21 bits per heavy atom. The van der Waals surface area contributed by atoms with Crippen LogP contribution in [0, 0.1) is 6.92 Å². The molecule has 2 heterocycles. The summed E-state index contributed by atoms with van der Waals surface area (Å²) >= 11 is 0. The first-order valence-electron chi connectivity index (χ1n) is 5.51. The highest BCUT2D eigenvalue weighted by Crippen LogP contribution is 2.13. The maximum absolute atomic E-state index is 11.9. The van der Waals surface area contributed by atoms with E-state index in [1.807, 2.05) is 0 Å². The molecule has 0 aliphatic heterocycles. The molecule has 96 valence electrons. The summed E-state index contributed by atoms with van der Waals surface area (Å²) in [7, 11) is 0. The molecule has 0 fully saturated rings. The summed E-state index contributed by atoms with van der Waals surface area (Å²) in [6, 6.07) is 8.05. The monoisotopic (exact) mass is 257 g/mol. The van der Waals surface area contributed by atoms with E-state index in [0.29, 0.717) is 5.69 Å². The lowest BCUT2D eigenvalue weighted by molar-refractivity contribution is 0.0692. The van der Waals surface area contributed by atoms with Gasteiger partial charge < -0.3 is 10.4 Å². The van der Waals surface area contributed by atoms with Gasteiger partial charge in [0.25, 0.3) is 5.91 Å². The lowest BCUT2D eigenvalue weighted by atomic mass is 10.2. The molecule has 0 saturated carbocycles. The Labute approximate surface area is 109 Å². The standard InChI is InChI=1S/C13H11N3O3/c1-8-4-2-5-10(15-8)12(17)16-9-6-3-7-14-11(9)13(18)19/h2-7H,1H3,(H,16,17)(H,18,19). The molecular formula is C13H11N3O3. The minimum atomic E-state index is -1.20. The van der Waals surface area contributed by atoms with Crippen molar-refractivity contribution in [2.75, 3.05) is 5.32 Å². The van der Waals surface area contributed by atoms with Crippen LogP contribution in [0.25, 0.3) is 0 Å². The number of nitrogens with zero attached hydrogens (tertiary/aromatic N) is 2. The van der Waals surface area contributed by atoms with Crippen LogP contribution in [0.3, 0.4) is 0 Å². The maximum Gasteiger partial charge on any atom is 0.356 e. The minimum absolute atomic E-state index is 0.142. The van der Waals surface area contributed by atoms with Crippen LogP contribution >= 0.6 is 0 Å². The number of aromatic nitrogens is 2.